The molecule has 96 valence electrons. The van der Waals surface area contributed by atoms with Gasteiger partial charge >= 0.3 is 0 Å². The molecule has 1 atom stereocenters. The van der Waals surface area contributed by atoms with Crippen LogP contribution in [0.25, 0.3) is 10.8 Å². The smallest absolute Gasteiger partial charge is 0.126 e. The zero-order chi connectivity index (χ0) is 13.2. The van der Waals surface area contributed by atoms with Gasteiger partial charge in [-0.3, -0.25) is 10.8 Å². The number of hydrogen-bond acceptors (Lipinski definition) is 4. The number of nitrogens with one attached hydrogen (secondary N) is 1. The van der Waals surface area contributed by atoms with Gasteiger partial charge in [0.1, 0.15) is 17.6 Å². The molecule has 4 heteroatoms. The van der Waals surface area contributed by atoms with Crippen molar-refractivity contribution in [1.29, 1.82) is 0 Å². The van der Waals surface area contributed by atoms with Crippen LogP contribution in [0.1, 0.15) is 23.1 Å². The van der Waals surface area contributed by atoms with Crippen LogP contribution < -0.4 is 11.3 Å². The third-order valence-electron chi connectivity index (χ3n) is 3.24. The molecule has 1 unspecified atom stereocenters. The van der Waals surface area contributed by atoms with E-state index in [-0.39, 0.29) is 6.04 Å². The molecule has 0 spiro atoms. The maximum atomic E-state index is 5.71. The molecule has 0 aliphatic heterocycles. The van der Waals surface area contributed by atoms with Gasteiger partial charge in [-0.1, -0.05) is 18.2 Å². The van der Waals surface area contributed by atoms with E-state index in [9.17, 15) is 0 Å². The Hall–Kier alpha value is -2.17. The summed E-state index contributed by atoms with van der Waals surface area (Å²) in [6.45, 7) is 1.92. The van der Waals surface area contributed by atoms with E-state index in [1.165, 1.54) is 0 Å². The number of fused-ring (bicyclic) bond motifs is 1. The maximum Gasteiger partial charge on any atom is 0.126 e. The number of nitrogens with zero attached hydrogens (tertiary/aromatic N) is 1. The number of hydrogen-bond donors (Lipinski definition) is 2. The van der Waals surface area contributed by atoms with E-state index in [1.54, 1.807) is 6.20 Å². The highest BCUT2D eigenvalue weighted by Crippen LogP contribution is 2.28. The number of furan rings is 1. The zero-order valence-corrected chi connectivity index (χ0v) is 10.6. The minimum Gasteiger partial charge on any atom is -0.464 e. The van der Waals surface area contributed by atoms with Crippen LogP contribution in [0, 0.1) is 6.92 Å². The Balaban J connectivity index is 2.16. The van der Waals surface area contributed by atoms with Gasteiger partial charge in [0.2, 0.25) is 0 Å². The van der Waals surface area contributed by atoms with E-state index >= 15 is 0 Å². The van der Waals surface area contributed by atoms with Crippen molar-refractivity contribution in [1.82, 2.24) is 10.4 Å². The maximum absolute atomic E-state index is 5.71. The number of hydrazine groups is 1. The van der Waals surface area contributed by atoms with Gasteiger partial charge in [-0.15, -0.1) is 0 Å². The lowest BCUT2D eigenvalue weighted by Crippen LogP contribution is -2.28. The van der Waals surface area contributed by atoms with Crippen LogP contribution in [0.2, 0.25) is 0 Å². The first-order valence-corrected chi connectivity index (χ1v) is 6.14. The number of rotatable bonds is 3. The van der Waals surface area contributed by atoms with Crippen molar-refractivity contribution in [2.24, 2.45) is 5.84 Å². The highest BCUT2D eigenvalue weighted by atomic mass is 16.3. The van der Waals surface area contributed by atoms with Gasteiger partial charge in [0.25, 0.3) is 0 Å². The topological polar surface area (TPSA) is 64.1 Å². The first kappa shape index (κ1) is 11.9. The SMILES string of the molecule is Cc1ccc(C(NN)c2cccc3cnccc23)o1. The Morgan fingerprint density at radius 3 is 2.84 bits per heavy atom. The highest BCUT2D eigenvalue weighted by molar-refractivity contribution is 5.85. The van der Waals surface area contributed by atoms with Gasteiger partial charge < -0.3 is 4.42 Å². The molecule has 3 rings (SSSR count). The van der Waals surface area contributed by atoms with Crippen LogP contribution >= 0.6 is 0 Å². The minimum absolute atomic E-state index is 0.167. The van der Waals surface area contributed by atoms with Crippen molar-refractivity contribution in [3.8, 4) is 0 Å². The van der Waals surface area contributed by atoms with Crippen molar-refractivity contribution < 1.29 is 4.42 Å². The largest absolute Gasteiger partial charge is 0.464 e. The Morgan fingerprint density at radius 2 is 2.11 bits per heavy atom. The molecule has 0 aliphatic carbocycles. The summed E-state index contributed by atoms with van der Waals surface area (Å²) in [5.41, 5.74) is 3.91. The number of benzene rings is 1. The molecule has 3 aromatic rings. The minimum atomic E-state index is -0.167. The summed E-state index contributed by atoms with van der Waals surface area (Å²) in [6, 6.07) is 11.8. The lowest BCUT2D eigenvalue weighted by atomic mass is 9.99. The van der Waals surface area contributed by atoms with Gasteiger partial charge in [-0.05, 0) is 36.1 Å². The molecule has 1 aromatic carbocycles. The monoisotopic (exact) mass is 253 g/mol. The summed E-state index contributed by atoms with van der Waals surface area (Å²) in [7, 11) is 0. The summed E-state index contributed by atoms with van der Waals surface area (Å²) >= 11 is 0. The van der Waals surface area contributed by atoms with Crippen LogP contribution in [-0.2, 0) is 0 Å². The van der Waals surface area contributed by atoms with Crippen molar-refractivity contribution in [3.63, 3.8) is 0 Å². The molecule has 0 saturated carbocycles. The summed E-state index contributed by atoms with van der Waals surface area (Å²) in [4.78, 5) is 4.14. The fourth-order valence-electron chi connectivity index (χ4n) is 2.33. The van der Waals surface area contributed by atoms with Gasteiger partial charge in [-0.25, -0.2) is 5.43 Å². The molecule has 0 bridgehead atoms. The summed E-state index contributed by atoms with van der Waals surface area (Å²) < 4.78 is 5.68. The Bertz CT molecular complexity index is 700. The zero-order valence-electron chi connectivity index (χ0n) is 10.6. The van der Waals surface area contributed by atoms with Crippen molar-refractivity contribution in [2.45, 2.75) is 13.0 Å². The molecule has 4 nitrogen and oxygen atoms in total. The highest BCUT2D eigenvalue weighted by Gasteiger charge is 2.18. The summed E-state index contributed by atoms with van der Waals surface area (Å²) in [5.74, 6) is 7.39. The normalized spacial score (nSPS) is 12.7. The molecular weight excluding hydrogens is 238 g/mol. The molecular formula is C15H15N3O. The molecule has 19 heavy (non-hydrogen) atoms. The summed E-state index contributed by atoms with van der Waals surface area (Å²) in [6.07, 6.45) is 3.63. The number of aromatic nitrogens is 1. The van der Waals surface area contributed by atoms with Crippen LogP contribution in [-0.4, -0.2) is 4.98 Å². The summed E-state index contributed by atoms with van der Waals surface area (Å²) in [5, 5.41) is 2.21. The molecule has 2 aromatic heterocycles. The molecule has 0 fully saturated rings. The second-order valence-corrected chi connectivity index (χ2v) is 4.49. The van der Waals surface area contributed by atoms with Gasteiger partial charge in [0.15, 0.2) is 0 Å². The third-order valence-corrected chi connectivity index (χ3v) is 3.24. The predicted molar refractivity (Wildman–Crippen MR) is 74.4 cm³/mol. The van der Waals surface area contributed by atoms with Crippen molar-refractivity contribution in [2.75, 3.05) is 0 Å². The van der Waals surface area contributed by atoms with Gasteiger partial charge in [-0.2, -0.15) is 0 Å². The van der Waals surface area contributed by atoms with E-state index in [2.05, 4.69) is 10.4 Å². The quantitative estimate of drug-likeness (QED) is 0.556. The average molecular weight is 253 g/mol. The van der Waals surface area contributed by atoms with Crippen LogP contribution in [0.3, 0.4) is 0 Å². The first-order valence-electron chi connectivity index (χ1n) is 6.14. The Labute approximate surface area is 111 Å². The second-order valence-electron chi connectivity index (χ2n) is 4.49. The fourth-order valence-corrected chi connectivity index (χ4v) is 2.33. The Kier molecular flexibility index (Phi) is 3.03. The third kappa shape index (κ3) is 2.12. The molecule has 0 saturated heterocycles. The number of nitrogens with two attached hydrogens (primary N) is 1. The lowest BCUT2D eigenvalue weighted by molar-refractivity contribution is 0.436. The van der Waals surface area contributed by atoms with E-state index in [0.717, 1.165) is 27.9 Å². The van der Waals surface area contributed by atoms with E-state index < -0.39 is 0 Å². The number of pyridine rings is 1. The van der Waals surface area contributed by atoms with E-state index in [4.69, 9.17) is 10.3 Å². The fraction of sp³-hybridized carbons (Fsp3) is 0.133. The van der Waals surface area contributed by atoms with Crippen molar-refractivity contribution >= 4 is 10.8 Å². The number of aryl methyl sites for hydroxylation is 1. The lowest BCUT2D eigenvalue weighted by Gasteiger charge is -2.16. The van der Waals surface area contributed by atoms with Gasteiger partial charge in [0, 0.05) is 17.8 Å². The average Bonchev–Trinajstić information content (AvgIpc) is 2.86. The van der Waals surface area contributed by atoms with Crippen molar-refractivity contribution in [3.05, 3.63) is 65.9 Å². The predicted octanol–water partition coefficient (Wildman–Crippen LogP) is 2.69. The van der Waals surface area contributed by atoms with Crippen LogP contribution in [0.5, 0.6) is 0 Å². The standard InChI is InChI=1S/C15H15N3O/c1-10-5-6-14(19-10)15(18-16)13-4-2-3-11-9-17-8-7-12(11)13/h2-9,15,18H,16H2,1H3. The van der Waals surface area contributed by atoms with Crippen LogP contribution in [0.15, 0.2) is 53.2 Å². The molecule has 0 amide bonds. The Morgan fingerprint density at radius 1 is 1.21 bits per heavy atom. The first-order chi connectivity index (χ1) is 9.29. The van der Waals surface area contributed by atoms with Crippen LogP contribution in [0.4, 0.5) is 0 Å². The molecule has 0 radical (unpaired) electrons. The van der Waals surface area contributed by atoms with E-state index in [0.29, 0.717) is 0 Å². The van der Waals surface area contributed by atoms with E-state index in [1.807, 2.05) is 49.5 Å². The second kappa shape index (κ2) is 4.84. The molecule has 3 N–H and O–H groups in total. The molecule has 2 heterocycles. The molecule has 0 aliphatic rings. The van der Waals surface area contributed by atoms with Gasteiger partial charge in [0.05, 0.1) is 0 Å².